The zero-order chi connectivity index (χ0) is 12.4. The van der Waals surface area contributed by atoms with E-state index >= 15 is 0 Å². The predicted octanol–water partition coefficient (Wildman–Crippen LogP) is 2.11. The maximum Gasteiger partial charge on any atom is 0.0557 e. The van der Waals surface area contributed by atoms with E-state index in [-0.39, 0.29) is 6.10 Å². The molecule has 0 aromatic heterocycles. The Morgan fingerprint density at radius 3 is 2.94 bits per heavy atom. The van der Waals surface area contributed by atoms with Crippen molar-refractivity contribution in [2.24, 2.45) is 11.7 Å². The molecule has 2 rings (SSSR count). The Morgan fingerprint density at radius 1 is 1.59 bits per heavy atom. The maximum atomic E-state index is 9.64. The van der Waals surface area contributed by atoms with Crippen LogP contribution in [-0.4, -0.2) is 24.3 Å². The molecule has 0 aliphatic carbocycles. The highest BCUT2D eigenvalue weighted by atomic mass is 79.9. The second-order valence-corrected chi connectivity index (χ2v) is 5.53. The molecule has 2 unspecified atom stereocenters. The molecule has 4 heteroatoms. The van der Waals surface area contributed by atoms with Crippen molar-refractivity contribution >= 4 is 21.6 Å². The monoisotopic (exact) mass is 298 g/mol. The molecular formula is C13H19BrN2O. The Kier molecular flexibility index (Phi) is 4.07. The quantitative estimate of drug-likeness (QED) is 0.899. The molecule has 0 bridgehead atoms. The number of hydrogen-bond acceptors (Lipinski definition) is 3. The lowest BCUT2D eigenvalue weighted by molar-refractivity contribution is 0.136. The summed E-state index contributed by atoms with van der Waals surface area (Å²) in [5.74, 6) is 0.375. The fraction of sp³-hybridized carbons (Fsp3) is 0.538. The van der Waals surface area contributed by atoms with Crippen LogP contribution in [0.25, 0.3) is 0 Å². The third-order valence-corrected chi connectivity index (χ3v) is 4.29. The zero-order valence-corrected chi connectivity index (χ0v) is 11.7. The Labute approximate surface area is 111 Å². The Hall–Kier alpha value is -0.580. The van der Waals surface area contributed by atoms with Gasteiger partial charge in [0.2, 0.25) is 0 Å². The van der Waals surface area contributed by atoms with Crippen molar-refractivity contribution in [1.29, 1.82) is 0 Å². The Bertz CT molecular complexity index is 395. The van der Waals surface area contributed by atoms with Crippen molar-refractivity contribution in [2.75, 3.05) is 18.0 Å². The fourth-order valence-corrected chi connectivity index (χ4v) is 2.96. The van der Waals surface area contributed by atoms with Gasteiger partial charge in [-0.05, 0) is 25.5 Å². The first-order chi connectivity index (χ1) is 8.13. The van der Waals surface area contributed by atoms with E-state index in [0.717, 1.165) is 29.5 Å². The third kappa shape index (κ3) is 2.64. The van der Waals surface area contributed by atoms with E-state index in [9.17, 15) is 5.11 Å². The van der Waals surface area contributed by atoms with Crippen LogP contribution >= 0.6 is 15.9 Å². The second-order valence-electron chi connectivity index (χ2n) is 4.68. The Balaban J connectivity index is 2.21. The summed E-state index contributed by atoms with van der Waals surface area (Å²) in [7, 11) is 0. The van der Waals surface area contributed by atoms with Crippen LogP contribution in [0.15, 0.2) is 22.7 Å². The SMILES string of the molecule is CC(O)C1CCN(c2cccc(Br)c2CN)C1. The number of benzene rings is 1. The summed E-state index contributed by atoms with van der Waals surface area (Å²) in [5, 5.41) is 9.64. The lowest BCUT2D eigenvalue weighted by atomic mass is 10.0. The van der Waals surface area contributed by atoms with Gasteiger partial charge in [0, 0.05) is 41.3 Å². The molecule has 0 amide bonds. The first kappa shape index (κ1) is 12.9. The van der Waals surface area contributed by atoms with Gasteiger partial charge in [0.25, 0.3) is 0 Å². The minimum Gasteiger partial charge on any atom is -0.393 e. The van der Waals surface area contributed by atoms with Gasteiger partial charge in [-0.2, -0.15) is 0 Å². The van der Waals surface area contributed by atoms with Gasteiger partial charge in [0.1, 0.15) is 0 Å². The molecule has 1 heterocycles. The molecule has 1 fully saturated rings. The smallest absolute Gasteiger partial charge is 0.0557 e. The van der Waals surface area contributed by atoms with Gasteiger partial charge in [0.05, 0.1) is 6.10 Å². The third-order valence-electron chi connectivity index (χ3n) is 3.55. The van der Waals surface area contributed by atoms with Crippen LogP contribution < -0.4 is 10.6 Å². The highest BCUT2D eigenvalue weighted by molar-refractivity contribution is 9.10. The number of anilines is 1. The predicted molar refractivity (Wildman–Crippen MR) is 74.0 cm³/mol. The number of rotatable bonds is 3. The molecule has 1 aromatic rings. The number of nitrogens with two attached hydrogens (primary N) is 1. The summed E-state index contributed by atoms with van der Waals surface area (Å²) in [5.41, 5.74) is 8.16. The summed E-state index contributed by atoms with van der Waals surface area (Å²) in [6, 6.07) is 6.17. The summed E-state index contributed by atoms with van der Waals surface area (Å²) >= 11 is 3.54. The zero-order valence-electron chi connectivity index (χ0n) is 10.1. The minimum atomic E-state index is -0.228. The van der Waals surface area contributed by atoms with Crippen molar-refractivity contribution in [3.63, 3.8) is 0 Å². The van der Waals surface area contributed by atoms with E-state index in [0.29, 0.717) is 12.5 Å². The van der Waals surface area contributed by atoms with E-state index in [2.05, 4.69) is 26.9 Å². The van der Waals surface area contributed by atoms with Crippen LogP contribution in [0.2, 0.25) is 0 Å². The van der Waals surface area contributed by atoms with Gasteiger partial charge in [0.15, 0.2) is 0 Å². The molecule has 3 nitrogen and oxygen atoms in total. The van der Waals surface area contributed by atoms with Crippen molar-refractivity contribution in [3.05, 3.63) is 28.2 Å². The first-order valence-corrected chi connectivity index (χ1v) is 6.83. The lowest BCUT2D eigenvalue weighted by Gasteiger charge is -2.23. The molecule has 17 heavy (non-hydrogen) atoms. The molecule has 0 spiro atoms. The average molecular weight is 299 g/mol. The Morgan fingerprint density at radius 2 is 2.35 bits per heavy atom. The van der Waals surface area contributed by atoms with Crippen LogP contribution in [0, 0.1) is 5.92 Å². The molecular weight excluding hydrogens is 280 g/mol. The number of aliphatic hydroxyl groups excluding tert-OH is 1. The normalized spacial score (nSPS) is 21.9. The number of halogens is 1. The molecule has 0 saturated carbocycles. The molecule has 1 aliphatic heterocycles. The van der Waals surface area contributed by atoms with Gasteiger partial charge in [-0.15, -0.1) is 0 Å². The fourth-order valence-electron chi connectivity index (χ4n) is 2.45. The molecule has 1 saturated heterocycles. The van der Waals surface area contributed by atoms with Crippen LogP contribution in [-0.2, 0) is 6.54 Å². The highest BCUT2D eigenvalue weighted by Crippen LogP contribution is 2.32. The van der Waals surface area contributed by atoms with E-state index < -0.39 is 0 Å². The van der Waals surface area contributed by atoms with Crippen molar-refractivity contribution < 1.29 is 5.11 Å². The average Bonchev–Trinajstić information content (AvgIpc) is 2.77. The van der Waals surface area contributed by atoms with E-state index in [1.54, 1.807) is 0 Å². The molecule has 94 valence electrons. The number of nitrogens with zero attached hydrogens (tertiary/aromatic N) is 1. The van der Waals surface area contributed by atoms with Crippen LogP contribution in [0.5, 0.6) is 0 Å². The molecule has 0 radical (unpaired) electrons. The standard InChI is InChI=1S/C13H19BrN2O/c1-9(17)10-5-6-16(8-10)13-4-2-3-12(14)11(13)7-15/h2-4,9-10,17H,5-8,15H2,1H3. The van der Waals surface area contributed by atoms with Crippen LogP contribution in [0.1, 0.15) is 18.9 Å². The number of hydrogen-bond donors (Lipinski definition) is 2. The van der Waals surface area contributed by atoms with Gasteiger partial charge in [-0.1, -0.05) is 22.0 Å². The van der Waals surface area contributed by atoms with Crippen LogP contribution in [0.4, 0.5) is 5.69 Å². The van der Waals surface area contributed by atoms with E-state index in [1.165, 1.54) is 5.69 Å². The molecule has 2 atom stereocenters. The first-order valence-electron chi connectivity index (χ1n) is 6.04. The molecule has 1 aliphatic rings. The second kappa shape index (κ2) is 5.38. The van der Waals surface area contributed by atoms with Gasteiger partial charge in [-0.3, -0.25) is 0 Å². The van der Waals surface area contributed by atoms with E-state index in [1.807, 2.05) is 19.1 Å². The summed E-state index contributed by atoms with van der Waals surface area (Å²) in [4.78, 5) is 2.32. The summed E-state index contributed by atoms with van der Waals surface area (Å²) < 4.78 is 1.07. The molecule has 3 N–H and O–H groups in total. The highest BCUT2D eigenvalue weighted by Gasteiger charge is 2.27. The lowest BCUT2D eigenvalue weighted by Crippen LogP contribution is -2.25. The minimum absolute atomic E-state index is 0.228. The topological polar surface area (TPSA) is 49.5 Å². The van der Waals surface area contributed by atoms with Gasteiger partial charge < -0.3 is 15.7 Å². The summed E-state index contributed by atoms with van der Waals surface area (Å²) in [6.07, 6.45) is 0.822. The maximum absolute atomic E-state index is 9.64. The number of aliphatic hydroxyl groups is 1. The van der Waals surface area contributed by atoms with Gasteiger partial charge >= 0.3 is 0 Å². The molecule has 1 aromatic carbocycles. The van der Waals surface area contributed by atoms with Crippen molar-refractivity contribution in [1.82, 2.24) is 0 Å². The van der Waals surface area contributed by atoms with Crippen molar-refractivity contribution in [2.45, 2.75) is 26.0 Å². The van der Waals surface area contributed by atoms with E-state index in [4.69, 9.17) is 5.73 Å². The largest absolute Gasteiger partial charge is 0.393 e. The van der Waals surface area contributed by atoms with Gasteiger partial charge in [-0.25, -0.2) is 0 Å². The summed E-state index contributed by atoms with van der Waals surface area (Å²) in [6.45, 7) is 4.33. The van der Waals surface area contributed by atoms with Crippen LogP contribution in [0.3, 0.4) is 0 Å². The van der Waals surface area contributed by atoms with Crippen molar-refractivity contribution in [3.8, 4) is 0 Å².